The average Bonchev–Trinajstić information content (AvgIpc) is 3.14. The van der Waals surface area contributed by atoms with Gasteiger partial charge in [0.2, 0.25) is 11.8 Å². The molecule has 312 valence electrons. The average molecular weight is 753 g/mol. The van der Waals surface area contributed by atoms with E-state index in [1.54, 1.807) is 0 Å². The molecule has 0 aliphatic carbocycles. The van der Waals surface area contributed by atoms with Crippen LogP contribution in [0.3, 0.4) is 0 Å². The van der Waals surface area contributed by atoms with Gasteiger partial charge >= 0.3 is 11.9 Å². The number of hydrogen-bond donors (Lipinski definition) is 4. The first-order valence-electron chi connectivity index (χ1n) is 22.4. The molecule has 2 unspecified atom stereocenters. The quantitative estimate of drug-likeness (QED) is 0.0360. The third-order valence-electron chi connectivity index (χ3n) is 10.4. The highest BCUT2D eigenvalue weighted by Gasteiger charge is 2.19. The monoisotopic (exact) mass is 753 g/mol. The van der Waals surface area contributed by atoms with Crippen LogP contribution in [0.1, 0.15) is 232 Å². The molecule has 0 aliphatic rings. The first-order chi connectivity index (χ1) is 25.8. The summed E-state index contributed by atoms with van der Waals surface area (Å²) in [6.45, 7) is 3.44. The molecule has 9 heteroatoms. The van der Waals surface area contributed by atoms with Gasteiger partial charge in [0.1, 0.15) is 12.1 Å². The number of nitrogens with one attached hydrogen (secondary N) is 2. The molecule has 0 fully saturated rings. The molecule has 0 saturated heterocycles. The van der Waals surface area contributed by atoms with E-state index in [1.807, 2.05) is 0 Å². The maximum absolute atomic E-state index is 12.6. The van der Waals surface area contributed by atoms with Crippen LogP contribution in [0.4, 0.5) is 0 Å². The highest BCUT2D eigenvalue weighted by atomic mass is 16.5. The first-order valence-corrected chi connectivity index (χ1v) is 22.4. The van der Waals surface area contributed by atoms with Gasteiger partial charge in [0.15, 0.2) is 0 Å². The van der Waals surface area contributed by atoms with Crippen LogP contribution in [0, 0.1) is 0 Å². The molecule has 0 aliphatic heterocycles. The van der Waals surface area contributed by atoms with Crippen LogP contribution >= 0.6 is 0 Å². The lowest BCUT2D eigenvalue weighted by atomic mass is 10.0. The number of aliphatic carboxylic acids is 1. The summed E-state index contributed by atoms with van der Waals surface area (Å²) in [7, 11) is 0. The standard InChI is InChI=1S/C44H84N2O7/c1-3-5-7-9-10-11-12-13-14-15-16-17-18-19-20-21-22-23-24-25-26-32-36-43(50)53-39(33-29-8-6-4-2)34-30-27-28-31-35-41(48)45-37-42(49)46-40(38-47)44(51)52/h39-40,47H,3-38H2,1-2H3,(H,45,48)(H,46,49)(H,51,52). The minimum atomic E-state index is -1.38. The number of ether oxygens (including phenoxy) is 1. The van der Waals surface area contributed by atoms with Gasteiger partial charge < -0.3 is 25.6 Å². The number of carbonyl (C=O) groups is 4. The third kappa shape index (κ3) is 36.6. The van der Waals surface area contributed by atoms with Gasteiger partial charge in [-0.3, -0.25) is 14.4 Å². The summed E-state index contributed by atoms with van der Waals surface area (Å²) < 4.78 is 5.93. The summed E-state index contributed by atoms with van der Waals surface area (Å²) in [5, 5.41) is 22.5. The van der Waals surface area contributed by atoms with E-state index in [2.05, 4.69) is 24.5 Å². The van der Waals surface area contributed by atoms with Crippen LogP contribution in [0.5, 0.6) is 0 Å². The largest absolute Gasteiger partial charge is 0.480 e. The second kappa shape index (κ2) is 39.5. The summed E-state index contributed by atoms with van der Waals surface area (Å²) in [6.07, 6.45) is 40.3. The zero-order chi connectivity index (χ0) is 39.0. The molecule has 0 aromatic heterocycles. The second-order valence-electron chi connectivity index (χ2n) is 15.5. The predicted octanol–water partition coefficient (Wildman–Crippen LogP) is 10.9. The number of rotatable bonds is 41. The summed E-state index contributed by atoms with van der Waals surface area (Å²) in [5.41, 5.74) is 0. The molecule has 9 nitrogen and oxygen atoms in total. The van der Waals surface area contributed by atoms with Crippen LogP contribution in [0.25, 0.3) is 0 Å². The number of carboxylic acid groups (broad SMARTS) is 1. The van der Waals surface area contributed by atoms with E-state index >= 15 is 0 Å². The Morgan fingerprint density at radius 2 is 0.849 bits per heavy atom. The van der Waals surface area contributed by atoms with Crippen molar-refractivity contribution < 1.29 is 34.1 Å². The molecule has 0 aromatic rings. The third-order valence-corrected chi connectivity index (χ3v) is 10.4. The van der Waals surface area contributed by atoms with Gasteiger partial charge in [0, 0.05) is 12.8 Å². The summed E-state index contributed by atoms with van der Waals surface area (Å²) >= 11 is 0. The van der Waals surface area contributed by atoms with E-state index < -0.39 is 24.5 Å². The highest BCUT2D eigenvalue weighted by molar-refractivity contribution is 5.87. The van der Waals surface area contributed by atoms with Gasteiger partial charge in [-0.2, -0.15) is 0 Å². The molecule has 0 bridgehead atoms. The Bertz CT molecular complexity index is 869. The lowest BCUT2D eigenvalue weighted by molar-refractivity contribution is -0.150. The Balaban J connectivity index is 3.84. The summed E-state index contributed by atoms with van der Waals surface area (Å²) in [5.74, 6) is -2.32. The molecule has 0 saturated carbocycles. The topological polar surface area (TPSA) is 142 Å². The number of aliphatic hydroxyl groups is 1. The smallest absolute Gasteiger partial charge is 0.328 e. The minimum absolute atomic E-state index is 0.0329. The summed E-state index contributed by atoms with van der Waals surface area (Å²) in [6, 6.07) is -1.38. The lowest BCUT2D eigenvalue weighted by Crippen LogP contribution is -2.47. The molecule has 0 aromatic carbocycles. The minimum Gasteiger partial charge on any atom is -0.480 e. The molecular weight excluding hydrogens is 668 g/mol. The van der Waals surface area contributed by atoms with Crippen molar-refractivity contribution in [2.75, 3.05) is 13.2 Å². The Morgan fingerprint density at radius 1 is 0.491 bits per heavy atom. The van der Waals surface area contributed by atoms with Crippen LogP contribution in [0.2, 0.25) is 0 Å². The van der Waals surface area contributed by atoms with Crippen LogP contribution < -0.4 is 10.6 Å². The number of unbranched alkanes of at least 4 members (excludes halogenated alkanes) is 27. The van der Waals surface area contributed by atoms with Gasteiger partial charge in [-0.1, -0.05) is 181 Å². The normalized spacial score (nSPS) is 12.4. The van der Waals surface area contributed by atoms with Gasteiger partial charge in [0.05, 0.1) is 13.2 Å². The fraction of sp³-hybridized carbons (Fsp3) is 0.909. The molecule has 2 atom stereocenters. The van der Waals surface area contributed by atoms with Crippen molar-refractivity contribution in [2.24, 2.45) is 0 Å². The predicted molar refractivity (Wildman–Crippen MR) is 218 cm³/mol. The molecule has 0 radical (unpaired) electrons. The SMILES string of the molecule is CCCCCCCCCCCCCCCCCCCCCCCCC(=O)OC(CCCCCC)CCCCCCC(=O)NCC(=O)NC(CO)C(=O)O. The van der Waals surface area contributed by atoms with Gasteiger partial charge in [-0.15, -0.1) is 0 Å². The van der Waals surface area contributed by atoms with Crippen LogP contribution in [-0.2, 0) is 23.9 Å². The Kier molecular flexibility index (Phi) is 37.9. The van der Waals surface area contributed by atoms with Crippen LogP contribution in [0.15, 0.2) is 0 Å². The molecule has 0 heterocycles. The lowest BCUT2D eigenvalue weighted by Gasteiger charge is -2.18. The van der Waals surface area contributed by atoms with Crippen LogP contribution in [-0.4, -0.2) is 59.3 Å². The van der Waals surface area contributed by atoms with Crippen molar-refractivity contribution in [3.05, 3.63) is 0 Å². The van der Waals surface area contributed by atoms with E-state index in [0.29, 0.717) is 12.8 Å². The first kappa shape index (κ1) is 50.8. The maximum Gasteiger partial charge on any atom is 0.328 e. The van der Waals surface area contributed by atoms with E-state index in [4.69, 9.17) is 14.9 Å². The van der Waals surface area contributed by atoms with Crippen molar-refractivity contribution in [3.8, 4) is 0 Å². The number of carbonyl (C=O) groups excluding carboxylic acids is 3. The highest BCUT2D eigenvalue weighted by Crippen LogP contribution is 2.19. The molecule has 4 N–H and O–H groups in total. The van der Waals surface area contributed by atoms with Crippen molar-refractivity contribution in [1.29, 1.82) is 0 Å². The zero-order valence-electron chi connectivity index (χ0n) is 34.5. The van der Waals surface area contributed by atoms with Crippen molar-refractivity contribution in [1.82, 2.24) is 10.6 Å². The molecule has 0 spiro atoms. The number of aliphatic hydroxyl groups excluding tert-OH is 1. The Morgan fingerprint density at radius 3 is 1.25 bits per heavy atom. The molecule has 2 amide bonds. The number of hydrogen-bond acceptors (Lipinski definition) is 6. The van der Waals surface area contributed by atoms with Gasteiger partial charge in [-0.25, -0.2) is 4.79 Å². The van der Waals surface area contributed by atoms with Gasteiger partial charge in [-0.05, 0) is 38.5 Å². The molecule has 0 rings (SSSR count). The molecular formula is C44H84N2O7. The zero-order valence-corrected chi connectivity index (χ0v) is 34.5. The Hall–Kier alpha value is -2.16. The fourth-order valence-electron chi connectivity index (χ4n) is 6.89. The van der Waals surface area contributed by atoms with Gasteiger partial charge in [0.25, 0.3) is 0 Å². The van der Waals surface area contributed by atoms with Crippen molar-refractivity contribution in [2.45, 2.75) is 244 Å². The second-order valence-corrected chi connectivity index (χ2v) is 15.5. The Labute approximate surface area is 325 Å². The van der Waals surface area contributed by atoms with E-state index in [0.717, 1.165) is 57.8 Å². The van der Waals surface area contributed by atoms with E-state index in [9.17, 15) is 19.2 Å². The maximum atomic E-state index is 12.6. The van der Waals surface area contributed by atoms with E-state index in [1.165, 1.54) is 141 Å². The summed E-state index contributed by atoms with van der Waals surface area (Å²) in [4.78, 5) is 47.3. The fourth-order valence-corrected chi connectivity index (χ4v) is 6.89. The number of carboxylic acids is 1. The van der Waals surface area contributed by atoms with Crippen molar-refractivity contribution in [3.63, 3.8) is 0 Å². The number of amides is 2. The van der Waals surface area contributed by atoms with E-state index in [-0.39, 0.29) is 30.9 Å². The van der Waals surface area contributed by atoms with Crippen molar-refractivity contribution >= 4 is 23.8 Å². The molecule has 53 heavy (non-hydrogen) atoms. The number of esters is 1.